The predicted molar refractivity (Wildman–Crippen MR) is 64.9 cm³/mol. The first kappa shape index (κ1) is 13.5. The van der Waals surface area contributed by atoms with Gasteiger partial charge in [-0.1, -0.05) is 75.1 Å². The molecular weight excluding hydrogens is 171 g/mol. The lowest BCUT2D eigenvalue weighted by atomic mass is 10.1. The number of unbranched alkanes of at least 4 members (excludes halogenated alkanes) is 5. The van der Waals surface area contributed by atoms with Crippen molar-refractivity contribution in [1.29, 1.82) is 0 Å². The zero-order valence-electron chi connectivity index (χ0n) is 9.94. The van der Waals surface area contributed by atoms with E-state index in [0.717, 1.165) is 0 Å². The fraction of sp³-hybridized carbons (Fsp3) is 1.00. The van der Waals surface area contributed by atoms with Crippen LogP contribution in [0.15, 0.2) is 0 Å². The lowest BCUT2D eigenvalue weighted by molar-refractivity contribution is 0.623. The maximum atomic E-state index is 2.39. The Labute approximate surface area is 89.5 Å². The van der Waals surface area contributed by atoms with Crippen molar-refractivity contribution in [1.82, 2.24) is 0 Å². The molecule has 0 amide bonds. The highest BCUT2D eigenvalue weighted by atomic mass is 27.2. The van der Waals surface area contributed by atoms with Crippen molar-refractivity contribution in [2.75, 3.05) is 0 Å². The summed E-state index contributed by atoms with van der Waals surface area (Å²) >= 11 is -0.251. The van der Waals surface area contributed by atoms with E-state index in [1.807, 2.05) is 0 Å². The van der Waals surface area contributed by atoms with E-state index in [0.29, 0.717) is 0 Å². The topological polar surface area (TPSA) is 0 Å². The summed E-state index contributed by atoms with van der Waals surface area (Å²) in [5.41, 5.74) is 0. The van der Waals surface area contributed by atoms with Crippen molar-refractivity contribution in [3.05, 3.63) is 0 Å². The molecule has 78 valence electrons. The van der Waals surface area contributed by atoms with E-state index in [2.05, 4.69) is 20.8 Å². The van der Waals surface area contributed by atoms with E-state index in [4.69, 9.17) is 0 Å². The van der Waals surface area contributed by atoms with Crippen molar-refractivity contribution in [2.24, 2.45) is 0 Å². The summed E-state index contributed by atoms with van der Waals surface area (Å²) in [4.78, 5) is 0. The van der Waals surface area contributed by atoms with Gasteiger partial charge >= 0.3 is 0 Å². The highest BCUT2D eigenvalue weighted by Crippen LogP contribution is 2.12. The molecular formula is C12H27Al. The van der Waals surface area contributed by atoms with Crippen LogP contribution < -0.4 is 0 Å². The molecule has 0 spiro atoms. The fourth-order valence-electron chi connectivity index (χ4n) is 1.91. The van der Waals surface area contributed by atoms with Crippen LogP contribution in [0.3, 0.4) is 0 Å². The molecule has 0 N–H and O–H groups in total. The third-order valence-electron chi connectivity index (χ3n) is 3.12. The van der Waals surface area contributed by atoms with Gasteiger partial charge in [0.1, 0.15) is 0 Å². The van der Waals surface area contributed by atoms with E-state index in [1.54, 1.807) is 5.28 Å². The molecule has 0 atom stereocenters. The van der Waals surface area contributed by atoms with Gasteiger partial charge in [0.05, 0.1) is 0 Å². The lowest BCUT2D eigenvalue weighted by Gasteiger charge is -2.05. The molecule has 0 heterocycles. The molecule has 0 aromatic heterocycles. The number of rotatable bonds is 9. The molecule has 0 bridgehead atoms. The molecule has 0 aromatic carbocycles. The molecule has 0 aliphatic rings. The van der Waals surface area contributed by atoms with Gasteiger partial charge in [0.25, 0.3) is 14.1 Å². The number of hydrogen-bond donors (Lipinski definition) is 0. The zero-order chi connectivity index (χ0) is 9.94. The van der Waals surface area contributed by atoms with Crippen LogP contribution >= 0.6 is 0 Å². The average Bonchev–Trinajstić information content (AvgIpc) is 2.17. The Morgan fingerprint density at radius 1 is 0.692 bits per heavy atom. The van der Waals surface area contributed by atoms with Gasteiger partial charge < -0.3 is 0 Å². The van der Waals surface area contributed by atoms with Crippen LogP contribution in [0.25, 0.3) is 0 Å². The van der Waals surface area contributed by atoms with Gasteiger partial charge in [0, 0.05) is 0 Å². The SMILES string of the molecule is CCCCCCC[CH2][Al]([CH2]C)[CH2]C. The van der Waals surface area contributed by atoms with Crippen molar-refractivity contribution in [2.45, 2.75) is 75.1 Å². The summed E-state index contributed by atoms with van der Waals surface area (Å²) < 4.78 is 0. The largest absolute Gasteiger partial charge is 0.261 e. The first-order valence-electron chi connectivity index (χ1n) is 6.35. The van der Waals surface area contributed by atoms with Gasteiger partial charge in [-0.15, -0.1) is 0 Å². The normalized spacial score (nSPS) is 10.4. The smallest absolute Gasteiger partial charge is 0.0967 e. The van der Waals surface area contributed by atoms with Crippen LogP contribution in [0, 0.1) is 0 Å². The standard InChI is InChI=1S/C8H17.2C2H5.Al/c1-3-5-7-8-6-4-2;2*1-2;/h1,3-8H2,2H3;2*1H2,2H3;. The molecule has 0 fully saturated rings. The third kappa shape index (κ3) is 8.85. The van der Waals surface area contributed by atoms with Crippen LogP contribution in [0.5, 0.6) is 0 Å². The van der Waals surface area contributed by atoms with E-state index >= 15 is 0 Å². The second kappa shape index (κ2) is 10.6. The van der Waals surface area contributed by atoms with Gasteiger partial charge in [-0.05, 0) is 0 Å². The van der Waals surface area contributed by atoms with E-state index in [-0.39, 0.29) is 14.1 Å². The van der Waals surface area contributed by atoms with E-state index in [9.17, 15) is 0 Å². The molecule has 0 nitrogen and oxygen atoms in total. The highest BCUT2D eigenvalue weighted by Gasteiger charge is 2.09. The molecule has 0 aliphatic carbocycles. The Bertz CT molecular complexity index is 87.1. The molecule has 0 saturated heterocycles. The Morgan fingerprint density at radius 2 is 1.23 bits per heavy atom. The molecule has 0 rings (SSSR count). The van der Waals surface area contributed by atoms with E-state index < -0.39 is 0 Å². The van der Waals surface area contributed by atoms with Gasteiger partial charge in [0.15, 0.2) is 0 Å². The van der Waals surface area contributed by atoms with Crippen molar-refractivity contribution in [3.8, 4) is 0 Å². The summed E-state index contributed by atoms with van der Waals surface area (Å²) in [5.74, 6) is 0. The van der Waals surface area contributed by atoms with Gasteiger partial charge in [-0.3, -0.25) is 0 Å². The van der Waals surface area contributed by atoms with Crippen LogP contribution in [-0.4, -0.2) is 14.1 Å². The molecule has 0 saturated carbocycles. The van der Waals surface area contributed by atoms with Crippen molar-refractivity contribution in [3.63, 3.8) is 0 Å². The van der Waals surface area contributed by atoms with Crippen LogP contribution in [0.2, 0.25) is 15.8 Å². The Kier molecular flexibility index (Phi) is 11.0. The second-order valence-electron chi connectivity index (χ2n) is 4.24. The summed E-state index contributed by atoms with van der Waals surface area (Å²) in [7, 11) is 0. The highest BCUT2D eigenvalue weighted by molar-refractivity contribution is 6.58. The van der Waals surface area contributed by atoms with Gasteiger partial charge in [-0.25, -0.2) is 0 Å². The Morgan fingerprint density at radius 3 is 1.77 bits per heavy atom. The quantitative estimate of drug-likeness (QED) is 0.366. The molecule has 0 unspecified atom stereocenters. The summed E-state index contributed by atoms with van der Waals surface area (Å²) in [6, 6.07) is 0. The minimum absolute atomic E-state index is 0.251. The predicted octanol–water partition coefficient (Wildman–Crippen LogP) is 4.88. The third-order valence-corrected chi connectivity index (χ3v) is 6.65. The lowest BCUT2D eigenvalue weighted by Crippen LogP contribution is -2.07. The summed E-state index contributed by atoms with van der Waals surface area (Å²) in [6.45, 7) is 7.06. The summed E-state index contributed by atoms with van der Waals surface area (Å²) in [5, 5.41) is 4.65. The zero-order valence-corrected chi connectivity index (χ0v) is 11.1. The second-order valence-corrected chi connectivity index (χ2v) is 8.18. The molecule has 1 heteroatoms. The minimum Gasteiger partial charge on any atom is -0.0967 e. The van der Waals surface area contributed by atoms with Crippen LogP contribution in [0.4, 0.5) is 0 Å². The van der Waals surface area contributed by atoms with Crippen LogP contribution in [0.1, 0.15) is 59.3 Å². The first-order valence-corrected chi connectivity index (χ1v) is 8.80. The minimum atomic E-state index is -0.251. The monoisotopic (exact) mass is 198 g/mol. The van der Waals surface area contributed by atoms with E-state index in [1.165, 1.54) is 49.1 Å². The van der Waals surface area contributed by atoms with Crippen molar-refractivity contribution >= 4 is 14.1 Å². The maximum Gasteiger partial charge on any atom is 0.261 e. The molecule has 0 radical (unpaired) electrons. The Balaban J connectivity index is 3.05. The first-order chi connectivity index (χ1) is 6.35. The molecule has 13 heavy (non-hydrogen) atoms. The summed E-state index contributed by atoms with van der Waals surface area (Å²) in [6.07, 6.45) is 8.82. The van der Waals surface area contributed by atoms with Gasteiger partial charge in [-0.2, -0.15) is 0 Å². The molecule has 0 aliphatic heterocycles. The molecule has 0 aromatic rings. The van der Waals surface area contributed by atoms with Crippen LogP contribution in [-0.2, 0) is 0 Å². The fourth-order valence-corrected chi connectivity index (χ4v) is 4.17. The average molecular weight is 198 g/mol. The Hall–Kier alpha value is 0.532. The number of hydrogen-bond acceptors (Lipinski definition) is 0. The van der Waals surface area contributed by atoms with Gasteiger partial charge in [0.2, 0.25) is 0 Å². The van der Waals surface area contributed by atoms with Crippen molar-refractivity contribution < 1.29 is 0 Å². The maximum absolute atomic E-state index is 2.39.